The van der Waals surface area contributed by atoms with Gasteiger partial charge in [0.05, 0.1) is 16.9 Å². The molecule has 0 saturated carbocycles. The SMILES string of the molecule is Cc1ccc(S(=O)(=O)N2CC[C@@H]([C@@H](C#N)c3ccccc3)C2)cc1. The summed E-state index contributed by atoms with van der Waals surface area (Å²) in [6.45, 7) is 2.79. The summed E-state index contributed by atoms with van der Waals surface area (Å²) in [6, 6.07) is 18.9. The Balaban J connectivity index is 1.80. The lowest BCUT2D eigenvalue weighted by atomic mass is 9.87. The van der Waals surface area contributed by atoms with E-state index in [4.69, 9.17) is 0 Å². The molecule has 1 heterocycles. The van der Waals surface area contributed by atoms with E-state index < -0.39 is 10.0 Å². The van der Waals surface area contributed by atoms with Crippen molar-refractivity contribution in [2.24, 2.45) is 5.92 Å². The summed E-state index contributed by atoms with van der Waals surface area (Å²) in [5, 5.41) is 9.56. The second-order valence-corrected chi connectivity index (χ2v) is 8.18. The fourth-order valence-corrected chi connectivity index (χ4v) is 4.73. The van der Waals surface area contributed by atoms with E-state index in [1.807, 2.05) is 49.4 Å². The van der Waals surface area contributed by atoms with Crippen molar-refractivity contribution in [3.8, 4) is 6.07 Å². The summed E-state index contributed by atoms with van der Waals surface area (Å²) < 4.78 is 27.1. The van der Waals surface area contributed by atoms with E-state index in [9.17, 15) is 13.7 Å². The van der Waals surface area contributed by atoms with Crippen molar-refractivity contribution in [1.29, 1.82) is 5.26 Å². The third kappa shape index (κ3) is 3.21. The first kappa shape index (κ1) is 16.7. The first-order valence-electron chi connectivity index (χ1n) is 8.04. The van der Waals surface area contributed by atoms with Crippen LogP contribution in [-0.4, -0.2) is 25.8 Å². The molecule has 0 bridgehead atoms. The summed E-state index contributed by atoms with van der Waals surface area (Å²) in [6.07, 6.45) is 0.707. The molecule has 1 saturated heterocycles. The van der Waals surface area contributed by atoms with Gasteiger partial charge in [0.25, 0.3) is 0 Å². The Morgan fingerprint density at radius 1 is 1.12 bits per heavy atom. The molecule has 0 unspecified atom stereocenters. The molecule has 0 aromatic heterocycles. The van der Waals surface area contributed by atoms with Crippen molar-refractivity contribution >= 4 is 10.0 Å². The van der Waals surface area contributed by atoms with Gasteiger partial charge in [0.2, 0.25) is 10.0 Å². The number of hydrogen-bond donors (Lipinski definition) is 0. The number of hydrogen-bond acceptors (Lipinski definition) is 3. The summed E-state index contributed by atoms with van der Waals surface area (Å²) in [7, 11) is -3.49. The quantitative estimate of drug-likeness (QED) is 0.858. The zero-order valence-corrected chi connectivity index (χ0v) is 14.4. The molecule has 2 aromatic rings. The highest BCUT2D eigenvalue weighted by atomic mass is 32.2. The topological polar surface area (TPSA) is 61.2 Å². The van der Waals surface area contributed by atoms with E-state index in [0.717, 1.165) is 11.1 Å². The maximum absolute atomic E-state index is 12.8. The van der Waals surface area contributed by atoms with E-state index in [1.165, 1.54) is 4.31 Å². The van der Waals surface area contributed by atoms with Crippen molar-refractivity contribution in [2.75, 3.05) is 13.1 Å². The Morgan fingerprint density at radius 3 is 2.42 bits per heavy atom. The zero-order valence-electron chi connectivity index (χ0n) is 13.6. The van der Waals surface area contributed by atoms with Gasteiger partial charge < -0.3 is 0 Å². The molecule has 2 aromatic carbocycles. The van der Waals surface area contributed by atoms with Crippen molar-refractivity contribution < 1.29 is 8.42 Å². The summed E-state index contributed by atoms with van der Waals surface area (Å²) in [5.74, 6) is -0.248. The van der Waals surface area contributed by atoms with Gasteiger partial charge in [-0.05, 0) is 37.0 Å². The van der Waals surface area contributed by atoms with Gasteiger partial charge in [0.15, 0.2) is 0 Å². The number of aryl methyl sites for hydroxylation is 1. The number of nitriles is 1. The predicted molar refractivity (Wildman–Crippen MR) is 92.8 cm³/mol. The van der Waals surface area contributed by atoms with Gasteiger partial charge in [-0.25, -0.2) is 8.42 Å². The molecule has 0 aliphatic carbocycles. The highest BCUT2D eigenvalue weighted by molar-refractivity contribution is 7.89. The number of benzene rings is 2. The third-order valence-electron chi connectivity index (χ3n) is 4.62. The maximum Gasteiger partial charge on any atom is 0.243 e. The Labute approximate surface area is 143 Å². The molecule has 2 atom stereocenters. The van der Waals surface area contributed by atoms with E-state index in [1.54, 1.807) is 12.1 Å². The highest BCUT2D eigenvalue weighted by Gasteiger charge is 2.36. The smallest absolute Gasteiger partial charge is 0.207 e. The fourth-order valence-electron chi connectivity index (χ4n) is 3.22. The summed E-state index contributed by atoms with van der Waals surface area (Å²) in [4.78, 5) is 0.321. The minimum Gasteiger partial charge on any atom is -0.207 e. The minimum atomic E-state index is -3.49. The van der Waals surface area contributed by atoms with Crippen LogP contribution in [0.4, 0.5) is 0 Å². The average molecular weight is 340 g/mol. The van der Waals surface area contributed by atoms with Crippen LogP contribution in [-0.2, 0) is 10.0 Å². The third-order valence-corrected chi connectivity index (χ3v) is 6.49. The van der Waals surface area contributed by atoms with Crippen LogP contribution in [0, 0.1) is 24.2 Å². The van der Waals surface area contributed by atoms with Gasteiger partial charge in [-0.15, -0.1) is 0 Å². The van der Waals surface area contributed by atoms with Gasteiger partial charge in [-0.2, -0.15) is 9.57 Å². The summed E-state index contributed by atoms with van der Waals surface area (Å²) in [5.41, 5.74) is 1.99. The molecule has 0 N–H and O–H groups in total. The predicted octanol–water partition coefficient (Wildman–Crippen LogP) is 3.31. The maximum atomic E-state index is 12.8. The standard InChI is InChI=1S/C19H20N2O2S/c1-15-7-9-18(10-8-15)24(22,23)21-12-11-17(14-21)19(13-20)16-5-3-2-4-6-16/h2-10,17,19H,11-12,14H2,1H3/t17-,19+/m1/s1. The molecule has 1 fully saturated rings. The molecular formula is C19H20N2O2S. The number of nitrogens with zero attached hydrogens (tertiary/aromatic N) is 2. The van der Waals surface area contributed by atoms with E-state index in [-0.39, 0.29) is 11.8 Å². The fraction of sp³-hybridized carbons (Fsp3) is 0.316. The van der Waals surface area contributed by atoms with Crippen LogP contribution in [0.15, 0.2) is 59.5 Å². The lowest BCUT2D eigenvalue weighted by Crippen LogP contribution is -2.29. The van der Waals surface area contributed by atoms with Crippen LogP contribution >= 0.6 is 0 Å². The van der Waals surface area contributed by atoms with Crippen molar-refractivity contribution in [3.63, 3.8) is 0 Å². The first-order chi connectivity index (χ1) is 11.5. The van der Waals surface area contributed by atoms with Gasteiger partial charge in [-0.1, -0.05) is 48.0 Å². The molecule has 0 radical (unpaired) electrons. The monoisotopic (exact) mass is 340 g/mol. The number of sulfonamides is 1. The largest absolute Gasteiger partial charge is 0.243 e. The van der Waals surface area contributed by atoms with Gasteiger partial charge in [0, 0.05) is 13.1 Å². The van der Waals surface area contributed by atoms with Crippen LogP contribution in [0.3, 0.4) is 0 Å². The molecule has 1 aliphatic heterocycles. The van der Waals surface area contributed by atoms with Crippen LogP contribution in [0.2, 0.25) is 0 Å². The van der Waals surface area contributed by atoms with Crippen molar-refractivity contribution in [3.05, 3.63) is 65.7 Å². The molecular weight excluding hydrogens is 320 g/mol. The van der Waals surface area contributed by atoms with E-state index in [0.29, 0.717) is 24.4 Å². The Kier molecular flexibility index (Phi) is 4.70. The lowest BCUT2D eigenvalue weighted by Gasteiger charge is -2.19. The van der Waals surface area contributed by atoms with E-state index in [2.05, 4.69) is 6.07 Å². The Hall–Kier alpha value is -2.16. The van der Waals surface area contributed by atoms with Crippen LogP contribution in [0.5, 0.6) is 0 Å². The van der Waals surface area contributed by atoms with Crippen LogP contribution in [0.25, 0.3) is 0 Å². The second kappa shape index (κ2) is 6.76. The average Bonchev–Trinajstić information content (AvgIpc) is 3.07. The first-order valence-corrected chi connectivity index (χ1v) is 9.48. The Bertz CT molecular complexity index is 839. The van der Waals surface area contributed by atoms with Gasteiger partial charge in [0.1, 0.15) is 0 Å². The van der Waals surface area contributed by atoms with Crippen LogP contribution < -0.4 is 0 Å². The van der Waals surface area contributed by atoms with Crippen molar-refractivity contribution in [2.45, 2.75) is 24.2 Å². The Morgan fingerprint density at radius 2 is 1.79 bits per heavy atom. The van der Waals surface area contributed by atoms with Crippen LogP contribution in [0.1, 0.15) is 23.5 Å². The van der Waals surface area contributed by atoms with E-state index >= 15 is 0 Å². The van der Waals surface area contributed by atoms with Gasteiger partial charge in [-0.3, -0.25) is 0 Å². The molecule has 4 nitrogen and oxygen atoms in total. The highest BCUT2D eigenvalue weighted by Crippen LogP contribution is 2.34. The molecule has 24 heavy (non-hydrogen) atoms. The molecule has 0 amide bonds. The van der Waals surface area contributed by atoms with Crippen molar-refractivity contribution in [1.82, 2.24) is 4.31 Å². The molecule has 0 spiro atoms. The molecule has 1 aliphatic rings. The summed E-state index contributed by atoms with van der Waals surface area (Å²) >= 11 is 0. The lowest BCUT2D eigenvalue weighted by molar-refractivity contribution is 0.445. The van der Waals surface area contributed by atoms with Gasteiger partial charge >= 0.3 is 0 Å². The second-order valence-electron chi connectivity index (χ2n) is 6.24. The normalized spacial score (nSPS) is 19.8. The minimum absolute atomic E-state index is 0.0256. The molecule has 3 rings (SSSR count). The molecule has 124 valence electrons. The zero-order chi connectivity index (χ0) is 17.2. The number of rotatable bonds is 4. The molecule has 5 heteroatoms.